The van der Waals surface area contributed by atoms with Gasteiger partial charge in [0.25, 0.3) is 11.6 Å². The molecule has 21 heavy (non-hydrogen) atoms. The van der Waals surface area contributed by atoms with Crippen molar-refractivity contribution in [3.63, 3.8) is 0 Å². The molecular formula is C13H7BrCl2N2O3. The zero-order valence-electron chi connectivity index (χ0n) is 10.3. The Balaban J connectivity index is 2.24. The summed E-state index contributed by atoms with van der Waals surface area (Å²) in [6.45, 7) is 0. The van der Waals surface area contributed by atoms with Gasteiger partial charge in [0.15, 0.2) is 0 Å². The third kappa shape index (κ3) is 3.72. The minimum Gasteiger partial charge on any atom is -0.321 e. The molecule has 5 nitrogen and oxygen atoms in total. The Morgan fingerprint density at radius 1 is 1.19 bits per heavy atom. The summed E-state index contributed by atoms with van der Waals surface area (Å²) in [6, 6.07) is 8.68. The van der Waals surface area contributed by atoms with Gasteiger partial charge in [0.05, 0.1) is 10.6 Å². The molecular weight excluding hydrogens is 383 g/mol. The minimum absolute atomic E-state index is 0.0946. The number of carbonyl (C=O) groups excluding carboxylic acids is 1. The van der Waals surface area contributed by atoms with E-state index in [1.165, 1.54) is 18.2 Å². The highest BCUT2D eigenvalue weighted by atomic mass is 79.9. The first-order valence-electron chi connectivity index (χ1n) is 5.59. The van der Waals surface area contributed by atoms with E-state index in [-0.39, 0.29) is 16.3 Å². The summed E-state index contributed by atoms with van der Waals surface area (Å²) in [4.78, 5) is 22.2. The molecule has 0 radical (unpaired) electrons. The predicted octanol–water partition coefficient (Wildman–Crippen LogP) is 4.92. The van der Waals surface area contributed by atoms with Crippen LogP contribution in [0.3, 0.4) is 0 Å². The van der Waals surface area contributed by atoms with Crippen LogP contribution in [0, 0.1) is 10.1 Å². The van der Waals surface area contributed by atoms with E-state index in [1.807, 2.05) is 0 Å². The lowest BCUT2D eigenvalue weighted by atomic mass is 10.2. The van der Waals surface area contributed by atoms with Crippen molar-refractivity contribution in [3.8, 4) is 0 Å². The molecule has 0 unspecified atom stereocenters. The Hall–Kier alpha value is -1.63. The number of nitro groups is 1. The number of hydrogen-bond acceptors (Lipinski definition) is 3. The first-order chi connectivity index (χ1) is 9.88. The van der Waals surface area contributed by atoms with E-state index in [9.17, 15) is 14.9 Å². The average molecular weight is 390 g/mol. The van der Waals surface area contributed by atoms with Gasteiger partial charge in [-0.25, -0.2) is 0 Å². The number of carbonyl (C=O) groups is 1. The fraction of sp³-hybridized carbons (Fsp3) is 0. The van der Waals surface area contributed by atoms with Crippen molar-refractivity contribution in [3.05, 3.63) is 66.6 Å². The molecule has 0 aliphatic carbocycles. The van der Waals surface area contributed by atoms with Crippen molar-refractivity contribution in [1.82, 2.24) is 0 Å². The lowest BCUT2D eigenvalue weighted by molar-refractivity contribution is -0.384. The lowest BCUT2D eigenvalue weighted by Gasteiger charge is -2.08. The van der Waals surface area contributed by atoms with Gasteiger partial charge >= 0.3 is 0 Å². The third-order valence-corrected chi connectivity index (χ3v) is 3.78. The van der Waals surface area contributed by atoms with E-state index in [1.54, 1.807) is 18.2 Å². The van der Waals surface area contributed by atoms with E-state index in [0.29, 0.717) is 15.2 Å². The van der Waals surface area contributed by atoms with Crippen LogP contribution in [0.5, 0.6) is 0 Å². The first-order valence-corrected chi connectivity index (χ1v) is 7.13. The van der Waals surface area contributed by atoms with Crippen LogP contribution in [0.1, 0.15) is 10.4 Å². The van der Waals surface area contributed by atoms with Crippen molar-refractivity contribution in [1.29, 1.82) is 0 Å². The molecule has 1 N–H and O–H groups in total. The summed E-state index contributed by atoms with van der Waals surface area (Å²) in [5.41, 5.74) is 0.493. The Morgan fingerprint density at radius 2 is 1.90 bits per heavy atom. The van der Waals surface area contributed by atoms with Crippen molar-refractivity contribution in [2.24, 2.45) is 0 Å². The molecule has 0 heterocycles. The molecule has 2 aromatic carbocycles. The van der Waals surface area contributed by atoms with Crippen LogP contribution >= 0.6 is 39.1 Å². The number of benzene rings is 2. The van der Waals surface area contributed by atoms with Crippen LogP contribution in [0.15, 0.2) is 40.9 Å². The standard InChI is InChI=1S/C13H7BrCl2N2O3/c14-9-6-8(15)2-3-11(9)17-13(19)7-1-4-12(18(20)21)10(16)5-7/h1-6H,(H,17,19). The zero-order chi connectivity index (χ0) is 15.6. The second kappa shape index (κ2) is 6.43. The molecule has 0 aromatic heterocycles. The molecule has 0 aliphatic rings. The number of rotatable bonds is 3. The van der Waals surface area contributed by atoms with Gasteiger partial charge in [-0.05, 0) is 46.3 Å². The number of nitrogens with one attached hydrogen (secondary N) is 1. The maximum Gasteiger partial charge on any atom is 0.287 e. The van der Waals surface area contributed by atoms with E-state index in [4.69, 9.17) is 23.2 Å². The van der Waals surface area contributed by atoms with Crippen molar-refractivity contribution in [2.75, 3.05) is 5.32 Å². The normalized spacial score (nSPS) is 10.2. The lowest BCUT2D eigenvalue weighted by Crippen LogP contribution is -2.12. The van der Waals surface area contributed by atoms with Gasteiger partial charge in [0, 0.05) is 21.1 Å². The van der Waals surface area contributed by atoms with Crippen molar-refractivity contribution in [2.45, 2.75) is 0 Å². The van der Waals surface area contributed by atoms with Gasteiger partial charge < -0.3 is 5.32 Å². The van der Waals surface area contributed by atoms with Crippen molar-refractivity contribution >= 4 is 56.4 Å². The summed E-state index contributed by atoms with van der Waals surface area (Å²) in [5, 5.41) is 13.8. The first kappa shape index (κ1) is 15.8. The van der Waals surface area contributed by atoms with E-state index in [2.05, 4.69) is 21.2 Å². The van der Waals surface area contributed by atoms with Crippen LogP contribution in [0.25, 0.3) is 0 Å². The number of amides is 1. The number of nitro benzene ring substituents is 1. The molecule has 0 spiro atoms. The molecule has 0 aliphatic heterocycles. The van der Waals surface area contributed by atoms with Gasteiger partial charge in [-0.15, -0.1) is 0 Å². The van der Waals surface area contributed by atoms with Gasteiger partial charge in [-0.3, -0.25) is 14.9 Å². The smallest absolute Gasteiger partial charge is 0.287 e. The molecule has 2 rings (SSSR count). The Bertz CT molecular complexity index is 737. The Kier molecular flexibility index (Phi) is 4.82. The summed E-state index contributed by atoms with van der Waals surface area (Å²) >= 11 is 14.9. The highest BCUT2D eigenvalue weighted by molar-refractivity contribution is 9.10. The monoisotopic (exact) mass is 388 g/mol. The summed E-state index contributed by atoms with van der Waals surface area (Å²) in [7, 11) is 0. The SMILES string of the molecule is O=C(Nc1ccc(Cl)cc1Br)c1ccc([N+](=O)[O-])c(Cl)c1. The second-order valence-corrected chi connectivity index (χ2v) is 5.70. The molecule has 0 bridgehead atoms. The Labute approximate surface area is 138 Å². The summed E-state index contributed by atoms with van der Waals surface area (Å²) in [5.74, 6) is -0.435. The quantitative estimate of drug-likeness (QED) is 0.598. The predicted molar refractivity (Wildman–Crippen MR) is 85.2 cm³/mol. The highest BCUT2D eigenvalue weighted by Crippen LogP contribution is 2.28. The van der Waals surface area contributed by atoms with E-state index < -0.39 is 10.8 Å². The maximum absolute atomic E-state index is 12.1. The number of halogens is 3. The van der Waals surface area contributed by atoms with E-state index >= 15 is 0 Å². The summed E-state index contributed by atoms with van der Waals surface area (Å²) < 4.78 is 0.622. The molecule has 108 valence electrons. The van der Waals surface area contributed by atoms with Gasteiger partial charge in [0.1, 0.15) is 5.02 Å². The molecule has 0 atom stereocenters. The fourth-order valence-corrected chi connectivity index (χ4v) is 2.61. The van der Waals surface area contributed by atoms with Gasteiger partial charge in [-0.2, -0.15) is 0 Å². The minimum atomic E-state index is -0.611. The van der Waals surface area contributed by atoms with E-state index in [0.717, 1.165) is 0 Å². The molecule has 0 fully saturated rings. The summed E-state index contributed by atoms with van der Waals surface area (Å²) in [6.07, 6.45) is 0. The van der Waals surface area contributed by atoms with Crippen LogP contribution in [0.4, 0.5) is 11.4 Å². The molecule has 8 heteroatoms. The highest BCUT2D eigenvalue weighted by Gasteiger charge is 2.16. The molecule has 1 amide bonds. The van der Waals surface area contributed by atoms with Crippen molar-refractivity contribution < 1.29 is 9.72 Å². The van der Waals surface area contributed by atoms with Crippen LogP contribution < -0.4 is 5.32 Å². The number of anilines is 1. The van der Waals surface area contributed by atoms with Gasteiger partial charge in [0.2, 0.25) is 0 Å². The Morgan fingerprint density at radius 3 is 2.48 bits per heavy atom. The molecule has 0 saturated heterocycles. The number of hydrogen-bond donors (Lipinski definition) is 1. The topological polar surface area (TPSA) is 72.2 Å². The maximum atomic E-state index is 12.1. The van der Waals surface area contributed by atoms with Crippen LogP contribution in [-0.2, 0) is 0 Å². The van der Waals surface area contributed by atoms with Crippen LogP contribution in [0.2, 0.25) is 10.0 Å². The second-order valence-electron chi connectivity index (χ2n) is 4.00. The van der Waals surface area contributed by atoms with Crippen LogP contribution in [-0.4, -0.2) is 10.8 Å². The third-order valence-electron chi connectivity index (χ3n) is 2.59. The number of nitrogens with zero attached hydrogens (tertiary/aromatic N) is 1. The average Bonchev–Trinajstić information content (AvgIpc) is 2.41. The zero-order valence-corrected chi connectivity index (χ0v) is 13.4. The van der Waals surface area contributed by atoms with Gasteiger partial charge in [-0.1, -0.05) is 23.2 Å². The largest absolute Gasteiger partial charge is 0.321 e. The molecule has 2 aromatic rings. The molecule has 0 saturated carbocycles. The fourth-order valence-electron chi connectivity index (χ4n) is 1.58.